The fraction of sp³-hybridized carbons (Fsp3) is 0.211. The summed E-state index contributed by atoms with van der Waals surface area (Å²) in [6.45, 7) is 0. The van der Waals surface area contributed by atoms with Crippen LogP contribution in [0.25, 0.3) is 0 Å². The zero-order valence-corrected chi connectivity index (χ0v) is 13.2. The highest BCUT2D eigenvalue weighted by Crippen LogP contribution is 2.51. The molecule has 3 atom stereocenters. The molecule has 1 heterocycles. The molecule has 0 aromatic heterocycles. The summed E-state index contributed by atoms with van der Waals surface area (Å²) in [6, 6.07) is 11.4. The molecule has 0 amide bonds. The van der Waals surface area contributed by atoms with Crippen LogP contribution in [0.1, 0.15) is 39.9 Å². The normalized spacial score (nSPS) is 23.4. The Morgan fingerprint density at radius 2 is 1.88 bits per heavy atom. The minimum absolute atomic E-state index is 0.0281. The third-order valence-corrected chi connectivity index (χ3v) is 5.09. The molecule has 2 aliphatic rings. The highest BCUT2D eigenvalue weighted by Gasteiger charge is 2.40. The average Bonchev–Trinajstić information content (AvgIpc) is 3.10. The molecule has 0 bridgehead atoms. The van der Waals surface area contributed by atoms with Crippen LogP contribution in [0.3, 0.4) is 0 Å². The highest BCUT2D eigenvalue weighted by atomic mass is 16.6. The molecule has 0 unspecified atom stereocenters. The van der Waals surface area contributed by atoms with Crippen molar-refractivity contribution in [2.75, 3.05) is 5.32 Å². The second-order valence-corrected chi connectivity index (χ2v) is 6.35. The van der Waals surface area contributed by atoms with Crippen molar-refractivity contribution >= 4 is 17.3 Å². The van der Waals surface area contributed by atoms with E-state index < -0.39 is 10.9 Å². The zero-order valence-electron chi connectivity index (χ0n) is 13.2. The second kappa shape index (κ2) is 5.73. The SMILES string of the molecule is O=C([O-])c1cccc2c1N[C@@H](c1ccccc1[N+](=O)[O-])[C@@H]1CC=C[C@H]21. The number of benzene rings is 2. The van der Waals surface area contributed by atoms with Crippen molar-refractivity contribution in [3.05, 3.63) is 81.4 Å². The lowest BCUT2D eigenvalue weighted by atomic mass is 9.76. The molecular formula is C19H15N2O4-. The summed E-state index contributed by atoms with van der Waals surface area (Å²) < 4.78 is 0. The Bertz CT molecular complexity index is 906. The van der Waals surface area contributed by atoms with Gasteiger partial charge in [0.05, 0.1) is 22.5 Å². The first-order valence-corrected chi connectivity index (χ1v) is 8.08. The van der Waals surface area contributed by atoms with Gasteiger partial charge in [0.2, 0.25) is 0 Å². The van der Waals surface area contributed by atoms with Crippen molar-refractivity contribution in [1.82, 2.24) is 0 Å². The van der Waals surface area contributed by atoms with Crippen molar-refractivity contribution in [3.63, 3.8) is 0 Å². The minimum atomic E-state index is -1.26. The smallest absolute Gasteiger partial charge is 0.274 e. The molecule has 1 aliphatic heterocycles. The number of rotatable bonds is 3. The van der Waals surface area contributed by atoms with Gasteiger partial charge in [-0.3, -0.25) is 10.1 Å². The summed E-state index contributed by atoms with van der Waals surface area (Å²) in [6.07, 6.45) is 4.90. The summed E-state index contributed by atoms with van der Waals surface area (Å²) in [7, 11) is 0. The van der Waals surface area contributed by atoms with Gasteiger partial charge in [0, 0.05) is 23.2 Å². The zero-order chi connectivity index (χ0) is 17.6. The Kier molecular flexibility index (Phi) is 3.53. The molecule has 0 fully saturated rings. The van der Waals surface area contributed by atoms with Gasteiger partial charge >= 0.3 is 0 Å². The van der Waals surface area contributed by atoms with Crippen LogP contribution >= 0.6 is 0 Å². The minimum Gasteiger partial charge on any atom is -0.545 e. The van der Waals surface area contributed by atoms with Gasteiger partial charge < -0.3 is 15.2 Å². The van der Waals surface area contributed by atoms with Crippen molar-refractivity contribution in [1.29, 1.82) is 0 Å². The number of nitrogens with one attached hydrogen (secondary N) is 1. The number of allylic oxidation sites excluding steroid dienone is 2. The summed E-state index contributed by atoms with van der Waals surface area (Å²) >= 11 is 0. The largest absolute Gasteiger partial charge is 0.545 e. The molecule has 0 spiro atoms. The molecule has 2 aromatic carbocycles. The number of hydrogen-bond donors (Lipinski definition) is 1. The molecule has 0 saturated heterocycles. The van der Waals surface area contributed by atoms with Crippen LogP contribution in [0, 0.1) is 16.0 Å². The lowest BCUT2D eigenvalue weighted by molar-refractivity contribution is -0.385. The predicted molar refractivity (Wildman–Crippen MR) is 90.2 cm³/mol. The molecule has 1 N–H and O–H groups in total. The summed E-state index contributed by atoms with van der Waals surface area (Å²) in [4.78, 5) is 22.5. The van der Waals surface area contributed by atoms with E-state index >= 15 is 0 Å². The lowest BCUT2D eigenvalue weighted by Gasteiger charge is -2.38. The van der Waals surface area contributed by atoms with Gasteiger partial charge in [-0.2, -0.15) is 0 Å². The molecule has 6 nitrogen and oxygen atoms in total. The molecule has 126 valence electrons. The first-order valence-electron chi connectivity index (χ1n) is 8.08. The summed E-state index contributed by atoms with van der Waals surface area (Å²) in [5.41, 5.74) is 2.10. The van der Waals surface area contributed by atoms with E-state index in [0.29, 0.717) is 11.3 Å². The molecule has 0 saturated carbocycles. The Hall–Kier alpha value is -3.15. The number of hydrogen-bond acceptors (Lipinski definition) is 5. The number of aromatic carboxylic acids is 1. The van der Waals surface area contributed by atoms with Crippen molar-refractivity contribution in [2.45, 2.75) is 18.4 Å². The summed E-state index contributed by atoms with van der Waals surface area (Å²) in [5, 5.41) is 26.2. The van der Waals surface area contributed by atoms with E-state index in [0.717, 1.165) is 12.0 Å². The maximum atomic E-state index is 11.5. The van der Waals surface area contributed by atoms with Crippen LogP contribution in [0.5, 0.6) is 0 Å². The van der Waals surface area contributed by atoms with Crippen LogP contribution < -0.4 is 10.4 Å². The Morgan fingerprint density at radius 3 is 2.64 bits per heavy atom. The fourth-order valence-electron chi connectivity index (χ4n) is 4.02. The quantitative estimate of drug-likeness (QED) is 0.529. The second-order valence-electron chi connectivity index (χ2n) is 6.35. The molecule has 25 heavy (non-hydrogen) atoms. The number of carboxylic acid groups (broad SMARTS) is 1. The van der Waals surface area contributed by atoms with Gasteiger partial charge in [-0.05, 0) is 17.9 Å². The Balaban J connectivity index is 1.88. The van der Waals surface area contributed by atoms with Crippen molar-refractivity contribution in [2.24, 2.45) is 5.92 Å². The number of carbonyl (C=O) groups excluding carboxylic acids is 1. The predicted octanol–water partition coefficient (Wildman–Crippen LogP) is 2.78. The number of nitro groups is 1. The Morgan fingerprint density at radius 1 is 1.12 bits per heavy atom. The van der Waals surface area contributed by atoms with E-state index in [4.69, 9.17) is 0 Å². The third kappa shape index (κ3) is 2.38. The first-order chi connectivity index (χ1) is 12.1. The van der Waals surface area contributed by atoms with Gasteiger partial charge in [-0.15, -0.1) is 0 Å². The molecule has 2 aromatic rings. The van der Waals surface area contributed by atoms with Gasteiger partial charge in [-0.1, -0.05) is 48.6 Å². The van der Waals surface area contributed by atoms with Gasteiger partial charge in [-0.25, -0.2) is 0 Å². The van der Waals surface area contributed by atoms with Crippen molar-refractivity contribution in [3.8, 4) is 0 Å². The highest BCUT2D eigenvalue weighted by molar-refractivity contribution is 5.94. The lowest BCUT2D eigenvalue weighted by Crippen LogP contribution is -2.32. The Labute approximate surface area is 144 Å². The number of fused-ring (bicyclic) bond motifs is 3. The molecule has 0 radical (unpaired) electrons. The topological polar surface area (TPSA) is 95.3 Å². The molecular weight excluding hydrogens is 320 g/mol. The van der Waals surface area contributed by atoms with Crippen LogP contribution in [0.15, 0.2) is 54.6 Å². The number of carbonyl (C=O) groups is 1. The molecule has 4 rings (SSSR count). The van der Waals surface area contributed by atoms with E-state index in [1.165, 1.54) is 12.1 Å². The molecule has 1 aliphatic carbocycles. The fourth-order valence-corrected chi connectivity index (χ4v) is 4.02. The molecule has 6 heteroatoms. The number of nitro benzene ring substituents is 1. The monoisotopic (exact) mass is 335 g/mol. The van der Waals surface area contributed by atoms with Gasteiger partial charge in [0.25, 0.3) is 5.69 Å². The van der Waals surface area contributed by atoms with Gasteiger partial charge in [0.1, 0.15) is 0 Å². The number of anilines is 1. The van der Waals surface area contributed by atoms with Gasteiger partial charge in [0.15, 0.2) is 0 Å². The number of nitrogens with zero attached hydrogens (tertiary/aromatic N) is 1. The van der Waals surface area contributed by atoms with E-state index in [-0.39, 0.29) is 29.1 Å². The van der Waals surface area contributed by atoms with Crippen LogP contribution in [0.2, 0.25) is 0 Å². The maximum absolute atomic E-state index is 11.5. The average molecular weight is 335 g/mol. The van der Waals surface area contributed by atoms with E-state index in [1.807, 2.05) is 6.07 Å². The number of para-hydroxylation sites is 2. The maximum Gasteiger partial charge on any atom is 0.274 e. The number of carboxylic acids is 1. The summed E-state index contributed by atoms with van der Waals surface area (Å²) in [5.74, 6) is -1.13. The van der Waals surface area contributed by atoms with Crippen LogP contribution in [-0.2, 0) is 0 Å². The van der Waals surface area contributed by atoms with E-state index in [2.05, 4.69) is 17.5 Å². The van der Waals surface area contributed by atoms with Crippen molar-refractivity contribution < 1.29 is 14.8 Å². The first kappa shape index (κ1) is 15.4. The third-order valence-electron chi connectivity index (χ3n) is 5.09. The van der Waals surface area contributed by atoms with Crippen LogP contribution in [-0.4, -0.2) is 10.9 Å². The van der Waals surface area contributed by atoms with E-state index in [1.54, 1.807) is 24.3 Å². The van der Waals surface area contributed by atoms with E-state index in [9.17, 15) is 20.0 Å². The van der Waals surface area contributed by atoms with Crippen LogP contribution in [0.4, 0.5) is 11.4 Å². The standard InChI is InChI=1S/C19H16N2O4/c22-19(23)15-9-4-8-13-11-6-3-7-12(11)17(20-18(13)15)14-5-1-2-10-16(14)21(24)25/h1-6,8-12,17,20H,7H2,(H,22,23)/p-1/t11-,12+,17+/m0/s1.